The SMILES string of the molecule is CCCCCOc1ccc(COc2cccc(CCC(=O)O)c2-c2cccc(C(=O)OC)c2)cc1OCCCCC. The summed E-state index contributed by atoms with van der Waals surface area (Å²) >= 11 is 0. The number of unbranched alkanes of at least 4 members (excludes halogenated alkanes) is 4. The number of carboxylic acid groups (broad SMARTS) is 1. The molecule has 0 fully saturated rings. The summed E-state index contributed by atoms with van der Waals surface area (Å²) in [5.74, 6) is 0.715. The molecule has 0 spiro atoms. The van der Waals surface area contributed by atoms with Crippen molar-refractivity contribution in [1.82, 2.24) is 0 Å². The van der Waals surface area contributed by atoms with E-state index in [-0.39, 0.29) is 13.0 Å². The van der Waals surface area contributed by atoms with Gasteiger partial charge in [-0.2, -0.15) is 0 Å². The summed E-state index contributed by atoms with van der Waals surface area (Å²) in [6, 6.07) is 18.6. The Bertz CT molecular complexity index is 1270. The summed E-state index contributed by atoms with van der Waals surface area (Å²) in [7, 11) is 1.34. The van der Waals surface area contributed by atoms with Crippen LogP contribution in [0.1, 0.15) is 80.3 Å². The Morgan fingerprint density at radius 1 is 0.756 bits per heavy atom. The van der Waals surface area contributed by atoms with Crippen LogP contribution in [0.15, 0.2) is 60.7 Å². The molecule has 3 rings (SSSR count). The number of rotatable bonds is 18. The van der Waals surface area contributed by atoms with Crippen LogP contribution in [-0.2, 0) is 22.6 Å². The first kappa shape index (κ1) is 31.5. The highest BCUT2D eigenvalue weighted by molar-refractivity contribution is 5.91. The third-order valence-corrected chi connectivity index (χ3v) is 6.71. The molecule has 0 bridgehead atoms. The predicted octanol–water partition coefficient (Wildman–Crippen LogP) is 7.87. The number of benzene rings is 3. The van der Waals surface area contributed by atoms with Gasteiger partial charge in [0.2, 0.25) is 0 Å². The maximum atomic E-state index is 12.2. The van der Waals surface area contributed by atoms with Crippen LogP contribution < -0.4 is 14.2 Å². The van der Waals surface area contributed by atoms with Crippen LogP contribution in [0, 0.1) is 0 Å². The number of esters is 1. The van der Waals surface area contributed by atoms with Crippen LogP contribution in [0.25, 0.3) is 11.1 Å². The van der Waals surface area contributed by atoms with Crippen molar-refractivity contribution in [1.29, 1.82) is 0 Å². The maximum absolute atomic E-state index is 12.2. The van der Waals surface area contributed by atoms with Gasteiger partial charge >= 0.3 is 11.9 Å². The molecule has 7 heteroatoms. The van der Waals surface area contributed by atoms with E-state index in [1.165, 1.54) is 7.11 Å². The van der Waals surface area contributed by atoms with Crippen molar-refractivity contribution < 1.29 is 33.6 Å². The van der Waals surface area contributed by atoms with Gasteiger partial charge in [0, 0.05) is 12.0 Å². The maximum Gasteiger partial charge on any atom is 0.337 e. The van der Waals surface area contributed by atoms with E-state index < -0.39 is 11.9 Å². The Kier molecular flexibility index (Phi) is 13.0. The lowest BCUT2D eigenvalue weighted by Gasteiger charge is -2.18. The molecule has 0 aliphatic carbocycles. The lowest BCUT2D eigenvalue weighted by atomic mass is 9.94. The molecule has 1 N–H and O–H groups in total. The van der Waals surface area contributed by atoms with Crippen LogP contribution in [0.3, 0.4) is 0 Å². The monoisotopic (exact) mass is 562 g/mol. The minimum Gasteiger partial charge on any atom is -0.490 e. The Balaban J connectivity index is 1.88. The zero-order valence-corrected chi connectivity index (χ0v) is 24.4. The molecule has 3 aromatic rings. The zero-order valence-electron chi connectivity index (χ0n) is 24.4. The topological polar surface area (TPSA) is 91.3 Å². The largest absolute Gasteiger partial charge is 0.490 e. The summed E-state index contributed by atoms with van der Waals surface area (Å²) in [4.78, 5) is 23.6. The molecule has 0 aromatic heterocycles. The van der Waals surface area contributed by atoms with Crippen LogP contribution in [0.4, 0.5) is 0 Å². The number of ether oxygens (including phenoxy) is 4. The highest BCUT2D eigenvalue weighted by atomic mass is 16.5. The first-order chi connectivity index (χ1) is 20.0. The van der Waals surface area contributed by atoms with Gasteiger partial charge in [-0.15, -0.1) is 0 Å². The third-order valence-electron chi connectivity index (χ3n) is 6.71. The van der Waals surface area contributed by atoms with Gasteiger partial charge in [0.25, 0.3) is 0 Å². The molecule has 0 atom stereocenters. The van der Waals surface area contributed by atoms with Crippen LogP contribution >= 0.6 is 0 Å². The van der Waals surface area contributed by atoms with Crippen molar-refractivity contribution >= 4 is 11.9 Å². The quantitative estimate of drug-likeness (QED) is 0.125. The van der Waals surface area contributed by atoms with E-state index in [1.807, 2.05) is 42.5 Å². The molecular formula is C34H42O7. The van der Waals surface area contributed by atoms with Crippen LogP contribution in [-0.4, -0.2) is 37.4 Å². The van der Waals surface area contributed by atoms with Crippen LogP contribution in [0.5, 0.6) is 17.2 Å². The standard InChI is InChI=1S/C34H42O7/c1-4-6-8-20-39-29-18-16-25(22-31(29)40-21-9-7-5-2)24-41-30-15-11-12-26(17-19-32(35)36)33(30)27-13-10-14-28(23-27)34(37)38-3/h10-16,18,22-23H,4-9,17,19-21,24H2,1-3H3,(H,35,36). The fourth-order valence-electron chi connectivity index (χ4n) is 4.50. The average molecular weight is 563 g/mol. The third kappa shape index (κ3) is 9.85. The van der Waals surface area contributed by atoms with Gasteiger partial charge < -0.3 is 24.1 Å². The first-order valence-electron chi connectivity index (χ1n) is 14.5. The number of hydrogen-bond acceptors (Lipinski definition) is 6. The molecule has 3 aromatic carbocycles. The van der Waals surface area contributed by atoms with E-state index in [2.05, 4.69) is 13.8 Å². The van der Waals surface area contributed by atoms with Crippen molar-refractivity contribution in [3.63, 3.8) is 0 Å². The number of carbonyl (C=O) groups excluding carboxylic acids is 1. The van der Waals surface area contributed by atoms with Gasteiger partial charge in [0.05, 0.1) is 25.9 Å². The fraction of sp³-hybridized carbons (Fsp3) is 0.412. The second-order valence-corrected chi connectivity index (χ2v) is 9.94. The van der Waals surface area contributed by atoms with E-state index in [9.17, 15) is 14.7 Å². The summed E-state index contributed by atoms with van der Waals surface area (Å²) < 4.78 is 23.4. The second kappa shape index (κ2) is 17.0. The molecular weight excluding hydrogens is 520 g/mol. The summed E-state index contributed by atoms with van der Waals surface area (Å²) in [6.45, 7) is 5.87. The average Bonchev–Trinajstić information content (AvgIpc) is 2.99. The number of aryl methyl sites for hydroxylation is 1. The van der Waals surface area contributed by atoms with Gasteiger partial charge in [0.1, 0.15) is 12.4 Å². The number of methoxy groups -OCH3 is 1. The molecule has 0 saturated heterocycles. The Hall–Kier alpha value is -4.00. The van der Waals surface area contributed by atoms with E-state index in [0.717, 1.165) is 66.5 Å². The minimum absolute atomic E-state index is 0.0222. The Labute approximate surface area is 243 Å². The smallest absolute Gasteiger partial charge is 0.337 e. The first-order valence-corrected chi connectivity index (χ1v) is 14.5. The predicted molar refractivity (Wildman–Crippen MR) is 160 cm³/mol. The lowest BCUT2D eigenvalue weighted by Crippen LogP contribution is -2.05. The normalized spacial score (nSPS) is 10.7. The summed E-state index contributed by atoms with van der Waals surface area (Å²) in [5.41, 5.74) is 3.65. The molecule has 0 radical (unpaired) electrons. The molecule has 0 amide bonds. The molecule has 0 unspecified atom stereocenters. The van der Waals surface area contributed by atoms with Gasteiger partial charge in [-0.1, -0.05) is 69.9 Å². The van der Waals surface area contributed by atoms with Gasteiger partial charge in [-0.05, 0) is 66.3 Å². The molecule has 0 saturated carbocycles. The molecule has 7 nitrogen and oxygen atoms in total. The molecule has 0 aliphatic heterocycles. The summed E-state index contributed by atoms with van der Waals surface area (Å²) in [6.07, 6.45) is 6.75. The second-order valence-electron chi connectivity index (χ2n) is 9.94. The van der Waals surface area contributed by atoms with Crippen molar-refractivity contribution in [2.45, 2.75) is 71.8 Å². The van der Waals surface area contributed by atoms with Gasteiger partial charge in [-0.25, -0.2) is 4.79 Å². The number of aliphatic carboxylic acids is 1. The molecule has 41 heavy (non-hydrogen) atoms. The zero-order chi connectivity index (χ0) is 29.5. The van der Waals surface area contributed by atoms with Crippen molar-refractivity contribution in [2.75, 3.05) is 20.3 Å². The molecule has 220 valence electrons. The van der Waals surface area contributed by atoms with Crippen LogP contribution in [0.2, 0.25) is 0 Å². The molecule has 0 heterocycles. The van der Waals surface area contributed by atoms with Crippen molar-refractivity contribution in [3.05, 3.63) is 77.4 Å². The summed E-state index contributed by atoms with van der Waals surface area (Å²) in [5, 5.41) is 9.31. The van der Waals surface area contributed by atoms with Gasteiger partial charge in [0.15, 0.2) is 11.5 Å². The number of carboxylic acids is 1. The number of hydrogen-bond donors (Lipinski definition) is 1. The highest BCUT2D eigenvalue weighted by Gasteiger charge is 2.16. The van der Waals surface area contributed by atoms with E-state index in [0.29, 0.717) is 36.7 Å². The van der Waals surface area contributed by atoms with E-state index in [1.54, 1.807) is 18.2 Å². The number of carbonyl (C=O) groups is 2. The Morgan fingerprint density at radius 3 is 2.15 bits per heavy atom. The minimum atomic E-state index is -0.881. The molecule has 0 aliphatic rings. The fourth-order valence-corrected chi connectivity index (χ4v) is 4.50. The van der Waals surface area contributed by atoms with Crippen molar-refractivity contribution in [2.24, 2.45) is 0 Å². The Morgan fingerprint density at radius 2 is 1.46 bits per heavy atom. The highest BCUT2D eigenvalue weighted by Crippen LogP contribution is 2.36. The van der Waals surface area contributed by atoms with E-state index in [4.69, 9.17) is 18.9 Å². The van der Waals surface area contributed by atoms with Crippen molar-refractivity contribution in [3.8, 4) is 28.4 Å². The lowest BCUT2D eigenvalue weighted by molar-refractivity contribution is -0.136. The van der Waals surface area contributed by atoms with Gasteiger partial charge in [-0.3, -0.25) is 4.79 Å². The van der Waals surface area contributed by atoms with E-state index >= 15 is 0 Å².